The van der Waals surface area contributed by atoms with E-state index in [4.69, 9.17) is 17.3 Å². The fourth-order valence-electron chi connectivity index (χ4n) is 4.67. The molecule has 0 aliphatic heterocycles. The van der Waals surface area contributed by atoms with Gasteiger partial charge in [0.25, 0.3) is 0 Å². The van der Waals surface area contributed by atoms with Gasteiger partial charge in [-0.05, 0) is 45.2 Å². The molecule has 8 heteroatoms. The van der Waals surface area contributed by atoms with Crippen molar-refractivity contribution in [2.75, 3.05) is 5.73 Å². The summed E-state index contributed by atoms with van der Waals surface area (Å²) >= 11 is 6.20. The highest BCUT2D eigenvalue weighted by Gasteiger charge is 2.71. The summed E-state index contributed by atoms with van der Waals surface area (Å²) in [5, 5.41) is 0.289. The molecule has 2 bridgehead atoms. The molecule has 3 aliphatic rings. The summed E-state index contributed by atoms with van der Waals surface area (Å²) in [6.45, 7) is 4.03. The Kier molecular flexibility index (Phi) is 3.22. The van der Waals surface area contributed by atoms with Gasteiger partial charge in [0.2, 0.25) is 5.95 Å². The van der Waals surface area contributed by atoms with Crippen LogP contribution in [0.5, 0.6) is 0 Å². The Morgan fingerprint density at radius 3 is 2.56 bits per heavy atom. The van der Waals surface area contributed by atoms with E-state index in [-0.39, 0.29) is 22.4 Å². The predicted molar refractivity (Wildman–Crippen MR) is 99.9 cm³/mol. The highest BCUT2D eigenvalue weighted by atomic mass is 35.5. The van der Waals surface area contributed by atoms with Crippen molar-refractivity contribution in [1.82, 2.24) is 19.5 Å². The van der Waals surface area contributed by atoms with Gasteiger partial charge in [-0.15, -0.1) is 0 Å². The molecule has 3 saturated carbocycles. The number of imidazole rings is 1. The van der Waals surface area contributed by atoms with Gasteiger partial charge in [0, 0.05) is 17.0 Å². The summed E-state index contributed by atoms with van der Waals surface area (Å²) < 4.78 is 31.0. The van der Waals surface area contributed by atoms with Crippen LogP contribution in [0.15, 0.2) is 18.3 Å². The molecule has 3 fully saturated rings. The van der Waals surface area contributed by atoms with Gasteiger partial charge in [0.15, 0.2) is 5.82 Å². The van der Waals surface area contributed by atoms with Crippen LogP contribution in [0.3, 0.4) is 0 Å². The van der Waals surface area contributed by atoms with Crippen LogP contribution in [0.1, 0.15) is 45.0 Å². The number of benzene rings is 1. The number of aromatic nitrogens is 4. The Morgan fingerprint density at radius 2 is 1.93 bits per heavy atom. The third-order valence-corrected chi connectivity index (χ3v) is 6.02. The number of nitrogens with two attached hydrogens (primary N) is 1. The summed E-state index contributed by atoms with van der Waals surface area (Å²) in [4.78, 5) is 12.6. The molecule has 2 N–H and O–H groups in total. The number of hydrogen-bond donors (Lipinski definition) is 1. The maximum absolute atomic E-state index is 15.0. The third kappa shape index (κ3) is 2.24. The first-order chi connectivity index (χ1) is 12.7. The molecule has 0 amide bonds. The minimum absolute atomic E-state index is 0.0511. The first-order valence-corrected chi connectivity index (χ1v) is 9.28. The molecule has 5 nitrogen and oxygen atoms in total. The van der Waals surface area contributed by atoms with Crippen molar-refractivity contribution in [1.29, 1.82) is 0 Å². The first-order valence-electron chi connectivity index (χ1n) is 8.91. The largest absolute Gasteiger partial charge is 0.368 e. The number of fused-ring (bicyclic) bond motifs is 1. The lowest BCUT2D eigenvalue weighted by Gasteiger charge is -2.65. The first kappa shape index (κ1) is 16.9. The minimum Gasteiger partial charge on any atom is -0.368 e. The molecule has 1 aromatic carbocycles. The van der Waals surface area contributed by atoms with Gasteiger partial charge in [-0.3, -0.25) is 0 Å². The van der Waals surface area contributed by atoms with Crippen LogP contribution < -0.4 is 5.73 Å². The average molecular weight is 390 g/mol. The molecule has 3 aliphatic carbocycles. The van der Waals surface area contributed by atoms with E-state index in [1.807, 2.05) is 24.5 Å². The van der Waals surface area contributed by atoms with E-state index in [2.05, 4.69) is 15.0 Å². The second-order valence-electron chi connectivity index (χ2n) is 8.11. The fraction of sp³-hybridized carbons (Fsp3) is 0.421. The normalized spacial score (nSPS) is 26.3. The van der Waals surface area contributed by atoms with Crippen molar-refractivity contribution in [2.45, 2.75) is 50.2 Å². The summed E-state index contributed by atoms with van der Waals surface area (Å²) in [6.07, 6.45) is 2.81. The molecular weight excluding hydrogens is 372 g/mol. The molecule has 2 heterocycles. The van der Waals surface area contributed by atoms with Crippen LogP contribution in [-0.4, -0.2) is 25.2 Å². The maximum atomic E-state index is 15.0. The van der Waals surface area contributed by atoms with E-state index in [0.717, 1.165) is 5.82 Å². The van der Waals surface area contributed by atoms with E-state index >= 15 is 0 Å². The molecule has 0 atom stereocenters. The van der Waals surface area contributed by atoms with E-state index in [1.165, 1.54) is 12.3 Å². The SMILES string of the molecule is CC(C)n1c(C23CC(F)(C2)C3)nc2c(F)cc(-c3nc(N)ncc3Cl)cc21. The molecule has 0 unspecified atom stereocenters. The lowest BCUT2D eigenvalue weighted by atomic mass is 9.42. The number of halogens is 3. The molecular formula is C19H18ClF2N5. The van der Waals surface area contributed by atoms with Crippen LogP contribution >= 0.6 is 11.6 Å². The van der Waals surface area contributed by atoms with Crippen LogP contribution in [0, 0.1) is 5.82 Å². The van der Waals surface area contributed by atoms with Crippen molar-refractivity contribution < 1.29 is 8.78 Å². The van der Waals surface area contributed by atoms with Crippen molar-refractivity contribution in [3.05, 3.63) is 35.0 Å². The monoisotopic (exact) mass is 389 g/mol. The van der Waals surface area contributed by atoms with Gasteiger partial charge in [-0.2, -0.15) is 0 Å². The Labute approximate surface area is 159 Å². The zero-order chi connectivity index (χ0) is 19.1. The van der Waals surface area contributed by atoms with E-state index in [9.17, 15) is 8.78 Å². The molecule has 6 rings (SSSR count). The molecule has 0 spiro atoms. The number of anilines is 1. The highest BCUT2D eigenvalue weighted by Crippen LogP contribution is 2.70. The summed E-state index contributed by atoms with van der Waals surface area (Å²) in [6, 6.07) is 3.23. The minimum atomic E-state index is -1.05. The van der Waals surface area contributed by atoms with Crippen molar-refractivity contribution in [2.24, 2.45) is 0 Å². The van der Waals surface area contributed by atoms with Crippen molar-refractivity contribution >= 4 is 28.6 Å². The van der Waals surface area contributed by atoms with Gasteiger partial charge in [-0.25, -0.2) is 23.7 Å². The number of nitrogens with zero attached hydrogens (tertiary/aromatic N) is 4. The Balaban J connectivity index is 1.74. The zero-order valence-electron chi connectivity index (χ0n) is 14.9. The third-order valence-electron chi connectivity index (χ3n) is 5.74. The summed E-state index contributed by atoms with van der Waals surface area (Å²) in [5.74, 6) is 0.379. The molecule has 0 saturated heterocycles. The molecule has 2 aromatic heterocycles. The number of nitrogen functional groups attached to an aromatic ring is 1. The van der Waals surface area contributed by atoms with E-state index < -0.39 is 11.5 Å². The molecule has 27 heavy (non-hydrogen) atoms. The zero-order valence-corrected chi connectivity index (χ0v) is 15.7. The van der Waals surface area contributed by atoms with Crippen LogP contribution in [0.4, 0.5) is 14.7 Å². The number of alkyl halides is 1. The van der Waals surface area contributed by atoms with E-state index in [1.54, 1.807) is 0 Å². The smallest absolute Gasteiger partial charge is 0.220 e. The maximum Gasteiger partial charge on any atom is 0.220 e. The van der Waals surface area contributed by atoms with Gasteiger partial charge in [0.05, 0.1) is 22.4 Å². The Bertz CT molecular complexity index is 1090. The van der Waals surface area contributed by atoms with Gasteiger partial charge in [-0.1, -0.05) is 11.6 Å². The summed E-state index contributed by atoms with van der Waals surface area (Å²) in [5.41, 5.74) is 6.18. The van der Waals surface area contributed by atoms with Gasteiger partial charge < -0.3 is 10.3 Å². The van der Waals surface area contributed by atoms with Crippen molar-refractivity contribution in [3.63, 3.8) is 0 Å². The van der Waals surface area contributed by atoms with Gasteiger partial charge in [0.1, 0.15) is 17.0 Å². The van der Waals surface area contributed by atoms with Crippen LogP contribution in [0.25, 0.3) is 22.3 Å². The van der Waals surface area contributed by atoms with Crippen LogP contribution in [0.2, 0.25) is 5.02 Å². The van der Waals surface area contributed by atoms with Crippen molar-refractivity contribution in [3.8, 4) is 11.3 Å². The number of hydrogen-bond acceptors (Lipinski definition) is 4. The molecule has 3 aromatic rings. The van der Waals surface area contributed by atoms with Crippen LogP contribution in [-0.2, 0) is 5.41 Å². The molecule has 0 radical (unpaired) electrons. The predicted octanol–water partition coefficient (Wildman–Crippen LogP) is 4.59. The van der Waals surface area contributed by atoms with E-state index in [0.29, 0.717) is 41.6 Å². The topological polar surface area (TPSA) is 69.6 Å². The molecule has 140 valence electrons. The summed E-state index contributed by atoms with van der Waals surface area (Å²) in [7, 11) is 0. The van der Waals surface area contributed by atoms with Gasteiger partial charge >= 0.3 is 0 Å². The average Bonchev–Trinajstić information content (AvgIpc) is 2.93. The quantitative estimate of drug-likeness (QED) is 0.711. The standard InChI is InChI=1S/C19H18ClF2N5/c1-9(2)27-13-4-10(14-11(20)5-24-17(23)26-14)3-12(21)15(13)25-16(27)18-6-19(22,7-18)8-18/h3-5,9H,6-8H2,1-2H3,(H2,23,24,26). The second kappa shape index (κ2) is 5.16. The lowest BCUT2D eigenvalue weighted by Crippen LogP contribution is -2.67. The Morgan fingerprint density at radius 1 is 1.22 bits per heavy atom. The Hall–Kier alpha value is -2.28. The number of rotatable bonds is 3. The lowest BCUT2D eigenvalue weighted by molar-refractivity contribution is -0.163. The second-order valence-corrected chi connectivity index (χ2v) is 8.52. The highest BCUT2D eigenvalue weighted by molar-refractivity contribution is 6.33. The fourth-order valence-corrected chi connectivity index (χ4v) is 4.87.